The van der Waals surface area contributed by atoms with Gasteiger partial charge in [-0.3, -0.25) is 14.2 Å². The summed E-state index contributed by atoms with van der Waals surface area (Å²) in [4.78, 5) is 24.0. The number of hydrogen-bond acceptors (Lipinski definition) is 6. The summed E-state index contributed by atoms with van der Waals surface area (Å²) in [6.45, 7) is 3.91. The van der Waals surface area contributed by atoms with Gasteiger partial charge in [0, 0.05) is 47.4 Å². The van der Waals surface area contributed by atoms with E-state index in [0.717, 1.165) is 33.2 Å². The van der Waals surface area contributed by atoms with Gasteiger partial charge in [0.1, 0.15) is 17.2 Å². The molecule has 0 aliphatic heterocycles. The Balaban J connectivity index is 1.92. The molecular formula is C20H18N6O2. The highest BCUT2D eigenvalue weighted by molar-refractivity contribution is 5.99. The lowest BCUT2D eigenvalue weighted by atomic mass is 10.0. The average Bonchev–Trinajstić information content (AvgIpc) is 3.19. The molecule has 4 aromatic heterocycles. The van der Waals surface area contributed by atoms with Crippen LogP contribution in [-0.2, 0) is 4.79 Å². The molecule has 0 spiro atoms. The number of pyridine rings is 3. The van der Waals surface area contributed by atoms with Crippen molar-refractivity contribution >= 4 is 34.5 Å². The quantitative estimate of drug-likeness (QED) is 0.241. The van der Waals surface area contributed by atoms with Gasteiger partial charge in [-0.25, -0.2) is 9.97 Å². The Labute approximate surface area is 160 Å². The fourth-order valence-corrected chi connectivity index (χ4v) is 3.33. The first-order valence-electron chi connectivity index (χ1n) is 8.80. The van der Waals surface area contributed by atoms with Crippen LogP contribution in [0.5, 0.6) is 0 Å². The van der Waals surface area contributed by atoms with Crippen molar-refractivity contribution in [2.45, 2.75) is 20.3 Å². The minimum Gasteiger partial charge on any atom is -0.411 e. The molecule has 0 saturated heterocycles. The van der Waals surface area contributed by atoms with Crippen LogP contribution in [0.1, 0.15) is 24.6 Å². The summed E-state index contributed by atoms with van der Waals surface area (Å²) in [6.07, 6.45) is 8.29. The Morgan fingerprint density at radius 3 is 2.79 bits per heavy atom. The number of nitrogens with one attached hydrogen (secondary N) is 1. The Kier molecular flexibility index (Phi) is 4.44. The number of hydrogen-bond donors (Lipinski definition) is 2. The van der Waals surface area contributed by atoms with E-state index in [-0.39, 0.29) is 0 Å². The van der Waals surface area contributed by atoms with Crippen molar-refractivity contribution in [3.05, 3.63) is 54.2 Å². The molecule has 140 valence electrons. The van der Waals surface area contributed by atoms with Crippen molar-refractivity contribution < 1.29 is 10.0 Å². The van der Waals surface area contributed by atoms with Crippen LogP contribution in [0, 0.1) is 6.92 Å². The molecule has 0 bridgehead atoms. The number of oxime groups is 1. The molecule has 0 radical (unpaired) electrons. The molecule has 4 heterocycles. The number of aryl methyl sites for hydroxylation is 1. The predicted octanol–water partition coefficient (Wildman–Crippen LogP) is 3.41. The molecule has 0 atom stereocenters. The molecule has 2 N–H and O–H groups in total. The molecule has 0 aliphatic carbocycles. The zero-order valence-electron chi connectivity index (χ0n) is 15.4. The first kappa shape index (κ1) is 17.6. The fourth-order valence-electron chi connectivity index (χ4n) is 3.33. The van der Waals surface area contributed by atoms with Crippen LogP contribution in [0.25, 0.3) is 27.7 Å². The molecule has 0 fully saturated rings. The van der Waals surface area contributed by atoms with Crippen LogP contribution in [0.15, 0.2) is 48.1 Å². The van der Waals surface area contributed by atoms with Gasteiger partial charge in [-0.15, -0.1) is 0 Å². The van der Waals surface area contributed by atoms with Gasteiger partial charge in [0.2, 0.25) is 6.41 Å². The van der Waals surface area contributed by atoms with Crippen LogP contribution < -0.4 is 5.32 Å². The molecule has 8 heteroatoms. The summed E-state index contributed by atoms with van der Waals surface area (Å²) < 4.78 is 1.96. The largest absolute Gasteiger partial charge is 0.411 e. The van der Waals surface area contributed by atoms with Crippen LogP contribution in [-0.4, -0.2) is 36.7 Å². The van der Waals surface area contributed by atoms with Gasteiger partial charge in [0.05, 0.1) is 11.2 Å². The summed E-state index contributed by atoms with van der Waals surface area (Å²) in [5, 5.41) is 16.0. The van der Waals surface area contributed by atoms with E-state index in [9.17, 15) is 4.79 Å². The highest BCUT2D eigenvalue weighted by atomic mass is 16.4. The first-order chi connectivity index (χ1) is 13.7. The third kappa shape index (κ3) is 2.84. The number of amides is 1. The van der Waals surface area contributed by atoms with Crippen LogP contribution in [0.2, 0.25) is 0 Å². The van der Waals surface area contributed by atoms with Crippen molar-refractivity contribution in [2.24, 2.45) is 5.16 Å². The Hall–Kier alpha value is -3.81. The number of anilines is 1. The molecule has 0 saturated carbocycles. The number of nitrogens with zero attached hydrogens (tertiary/aromatic N) is 5. The van der Waals surface area contributed by atoms with E-state index < -0.39 is 0 Å². The summed E-state index contributed by atoms with van der Waals surface area (Å²) in [5.41, 5.74) is 5.71. The highest BCUT2D eigenvalue weighted by Crippen LogP contribution is 2.31. The molecular weight excluding hydrogens is 356 g/mol. The van der Waals surface area contributed by atoms with Crippen molar-refractivity contribution in [2.75, 3.05) is 5.32 Å². The number of imidazole rings is 1. The zero-order valence-corrected chi connectivity index (χ0v) is 15.4. The Morgan fingerprint density at radius 1 is 1.21 bits per heavy atom. The summed E-state index contributed by atoms with van der Waals surface area (Å²) in [7, 11) is 0. The second-order valence-corrected chi connectivity index (χ2v) is 6.35. The lowest BCUT2D eigenvalue weighted by Crippen LogP contribution is -2.04. The summed E-state index contributed by atoms with van der Waals surface area (Å²) in [5.74, 6) is 0.475. The highest BCUT2D eigenvalue weighted by Gasteiger charge is 2.14. The van der Waals surface area contributed by atoms with Crippen LogP contribution in [0.4, 0.5) is 5.82 Å². The maximum absolute atomic E-state index is 10.7. The third-order valence-corrected chi connectivity index (χ3v) is 4.71. The Morgan fingerprint density at radius 2 is 2.07 bits per heavy atom. The summed E-state index contributed by atoms with van der Waals surface area (Å²) in [6, 6.07) is 5.73. The Bertz CT molecular complexity index is 1230. The molecule has 1 amide bonds. The fraction of sp³-hybridized carbons (Fsp3) is 0.150. The van der Waals surface area contributed by atoms with Gasteiger partial charge < -0.3 is 10.5 Å². The van der Waals surface area contributed by atoms with Crippen LogP contribution in [0.3, 0.4) is 0 Å². The average molecular weight is 374 g/mol. The van der Waals surface area contributed by atoms with Gasteiger partial charge in [-0.05, 0) is 31.0 Å². The molecule has 0 unspecified atom stereocenters. The molecule has 4 rings (SSSR count). The SMILES string of the molecule is CC/C(=N/O)c1cc(C)c(-c2cc3cnc(NC=O)cc3n3ccnc23)cn1. The predicted molar refractivity (Wildman–Crippen MR) is 107 cm³/mol. The number of carbonyl (C=O) groups is 1. The van der Waals surface area contributed by atoms with E-state index >= 15 is 0 Å². The lowest BCUT2D eigenvalue weighted by molar-refractivity contribution is -0.105. The van der Waals surface area contributed by atoms with E-state index in [4.69, 9.17) is 5.21 Å². The van der Waals surface area contributed by atoms with E-state index in [1.807, 2.05) is 42.6 Å². The minimum atomic E-state index is 0.475. The molecule has 28 heavy (non-hydrogen) atoms. The zero-order chi connectivity index (χ0) is 19.7. The molecule has 0 aromatic carbocycles. The third-order valence-electron chi connectivity index (χ3n) is 4.71. The van der Waals surface area contributed by atoms with Gasteiger partial charge in [0.15, 0.2) is 0 Å². The van der Waals surface area contributed by atoms with E-state index in [2.05, 4.69) is 25.4 Å². The van der Waals surface area contributed by atoms with Gasteiger partial charge >= 0.3 is 0 Å². The lowest BCUT2D eigenvalue weighted by Gasteiger charge is -2.12. The smallest absolute Gasteiger partial charge is 0.212 e. The van der Waals surface area contributed by atoms with E-state index in [1.54, 1.807) is 18.6 Å². The van der Waals surface area contributed by atoms with E-state index in [1.165, 1.54) is 0 Å². The van der Waals surface area contributed by atoms with Crippen molar-refractivity contribution in [3.63, 3.8) is 0 Å². The second kappa shape index (κ2) is 7.07. The second-order valence-electron chi connectivity index (χ2n) is 6.35. The normalized spacial score (nSPS) is 11.9. The van der Waals surface area contributed by atoms with Gasteiger partial charge in [-0.1, -0.05) is 12.1 Å². The van der Waals surface area contributed by atoms with Crippen molar-refractivity contribution in [1.29, 1.82) is 0 Å². The monoisotopic (exact) mass is 374 g/mol. The minimum absolute atomic E-state index is 0.475. The van der Waals surface area contributed by atoms with E-state index in [0.29, 0.717) is 30.1 Å². The number of fused-ring (bicyclic) bond motifs is 3. The van der Waals surface area contributed by atoms with Crippen LogP contribution >= 0.6 is 0 Å². The number of aromatic nitrogens is 4. The van der Waals surface area contributed by atoms with Gasteiger partial charge in [0.25, 0.3) is 0 Å². The summed E-state index contributed by atoms with van der Waals surface area (Å²) >= 11 is 0. The number of carbonyl (C=O) groups excluding carboxylic acids is 1. The maximum atomic E-state index is 10.7. The molecule has 4 aromatic rings. The van der Waals surface area contributed by atoms with Gasteiger partial charge in [-0.2, -0.15) is 0 Å². The topological polar surface area (TPSA) is 105 Å². The van der Waals surface area contributed by atoms with Crippen molar-refractivity contribution in [3.8, 4) is 11.1 Å². The first-order valence-corrected chi connectivity index (χ1v) is 8.80. The number of rotatable bonds is 5. The molecule has 8 nitrogen and oxygen atoms in total. The standard InChI is InChI=1S/C20H18N6O2/c1-3-16(25-28)17-6-12(2)15(10-22-17)14-7-13-9-23-19(24-11-27)8-18(13)26-5-4-21-20(14)26/h4-11,28H,3H2,1-2H3,(H,23,24,27)/b25-16-. The van der Waals surface area contributed by atoms with Crippen molar-refractivity contribution in [1.82, 2.24) is 19.4 Å². The molecule has 0 aliphatic rings. The maximum Gasteiger partial charge on any atom is 0.212 e.